The van der Waals surface area contributed by atoms with E-state index in [9.17, 15) is 0 Å². The van der Waals surface area contributed by atoms with Crippen molar-refractivity contribution in [1.82, 2.24) is 5.32 Å². The smallest absolute Gasteiger partial charge is 0.0340 e. The summed E-state index contributed by atoms with van der Waals surface area (Å²) in [6.07, 6.45) is 4.81. The van der Waals surface area contributed by atoms with Gasteiger partial charge in [0, 0.05) is 22.3 Å². The first-order valence-corrected chi connectivity index (χ1v) is 6.97. The Labute approximate surface area is 126 Å². The lowest BCUT2D eigenvalue weighted by Gasteiger charge is -2.19. The Bertz CT molecular complexity index is 509. The summed E-state index contributed by atoms with van der Waals surface area (Å²) in [5.74, 6) is 0.211. The maximum atomic E-state index is 5.94. The van der Waals surface area contributed by atoms with Gasteiger partial charge in [0.1, 0.15) is 0 Å². The van der Waals surface area contributed by atoms with E-state index < -0.39 is 0 Å². The average Bonchev–Trinajstić information content (AvgIpc) is 2.67. The monoisotopic (exact) mass is 293 g/mol. The highest BCUT2D eigenvalue weighted by molar-refractivity contribution is 7.83. The Balaban J connectivity index is 3.23. The second-order valence-corrected chi connectivity index (χ2v) is 5.32. The summed E-state index contributed by atoms with van der Waals surface area (Å²) in [5.41, 5.74) is 5.21. The molecule has 1 unspecified atom stereocenters. The highest BCUT2D eigenvalue weighted by Crippen LogP contribution is 2.37. The maximum absolute atomic E-state index is 5.94. The number of halogens is 1. The predicted octanol–water partition coefficient (Wildman–Crippen LogP) is 5.08. The Morgan fingerprint density at radius 1 is 1.47 bits per heavy atom. The van der Waals surface area contributed by atoms with Crippen LogP contribution in [0.4, 0.5) is 0 Å². The Morgan fingerprint density at radius 3 is 2.47 bits per heavy atom. The molecule has 1 heterocycles. The fourth-order valence-corrected chi connectivity index (χ4v) is 2.48. The molecule has 19 heavy (non-hydrogen) atoms. The number of allylic oxidation sites excluding steroid dienone is 7. The van der Waals surface area contributed by atoms with Gasteiger partial charge < -0.3 is 5.32 Å². The van der Waals surface area contributed by atoms with Crippen molar-refractivity contribution < 1.29 is 0 Å². The van der Waals surface area contributed by atoms with Crippen LogP contribution >= 0.6 is 24.2 Å². The van der Waals surface area contributed by atoms with Gasteiger partial charge in [-0.3, -0.25) is 0 Å². The molecule has 102 valence electrons. The van der Waals surface area contributed by atoms with Crippen molar-refractivity contribution in [2.24, 2.45) is 5.92 Å². The van der Waals surface area contributed by atoms with E-state index in [1.165, 1.54) is 5.57 Å². The Hall–Kier alpha value is -1.12. The van der Waals surface area contributed by atoms with Gasteiger partial charge in [-0.05, 0) is 48.5 Å². The number of nitrogens with one attached hydrogen (secondary N) is 1. The largest absolute Gasteiger partial charge is 0.363 e. The van der Waals surface area contributed by atoms with Crippen molar-refractivity contribution in [3.8, 4) is 0 Å². The third kappa shape index (κ3) is 3.92. The molecule has 0 saturated carbocycles. The van der Waals surface area contributed by atoms with Gasteiger partial charge in [-0.2, -0.15) is 12.6 Å². The Kier molecular flexibility index (Phi) is 5.77. The summed E-state index contributed by atoms with van der Waals surface area (Å²) in [4.78, 5) is 0. The Morgan fingerprint density at radius 2 is 2.11 bits per heavy atom. The van der Waals surface area contributed by atoms with Gasteiger partial charge in [-0.25, -0.2) is 0 Å². The molecule has 1 fully saturated rings. The molecule has 1 N–H and O–H groups in total. The minimum absolute atomic E-state index is 0.211. The summed E-state index contributed by atoms with van der Waals surface area (Å²) in [6, 6.07) is 0. The highest BCUT2D eigenvalue weighted by Gasteiger charge is 2.27. The van der Waals surface area contributed by atoms with Gasteiger partial charge in [0.2, 0.25) is 0 Å². The summed E-state index contributed by atoms with van der Waals surface area (Å²) in [6.45, 7) is 15.8. The number of hydrogen-bond acceptors (Lipinski definition) is 2. The van der Waals surface area contributed by atoms with E-state index in [4.69, 9.17) is 11.6 Å². The summed E-state index contributed by atoms with van der Waals surface area (Å²) in [5, 5.41) is 5.47. The molecule has 1 rings (SSSR count). The zero-order chi connectivity index (χ0) is 14.6. The van der Waals surface area contributed by atoms with Crippen molar-refractivity contribution in [2.75, 3.05) is 0 Å². The van der Waals surface area contributed by atoms with Crippen LogP contribution in [0.5, 0.6) is 0 Å². The zero-order valence-corrected chi connectivity index (χ0v) is 13.1. The summed E-state index contributed by atoms with van der Waals surface area (Å²) < 4.78 is 0. The van der Waals surface area contributed by atoms with E-state index >= 15 is 0 Å². The maximum Gasteiger partial charge on any atom is 0.0340 e. The minimum atomic E-state index is 0.211. The van der Waals surface area contributed by atoms with Crippen LogP contribution in [-0.2, 0) is 0 Å². The minimum Gasteiger partial charge on any atom is -0.363 e. The lowest BCUT2D eigenvalue weighted by atomic mass is 9.86. The molecule has 1 nitrogen and oxygen atoms in total. The topological polar surface area (TPSA) is 12.0 Å². The highest BCUT2D eigenvalue weighted by atomic mass is 35.5. The molecule has 0 aromatic rings. The zero-order valence-electron chi connectivity index (χ0n) is 11.5. The van der Waals surface area contributed by atoms with Crippen LogP contribution in [0.15, 0.2) is 70.4 Å². The van der Waals surface area contributed by atoms with Crippen LogP contribution < -0.4 is 5.32 Å². The molecule has 0 bridgehead atoms. The lowest BCUT2D eigenvalue weighted by molar-refractivity contribution is 0.777. The van der Waals surface area contributed by atoms with Crippen LogP contribution in [0.3, 0.4) is 0 Å². The molecule has 0 aromatic heterocycles. The van der Waals surface area contributed by atoms with Crippen LogP contribution in [0.2, 0.25) is 0 Å². The first-order chi connectivity index (χ1) is 8.90. The molecule has 1 saturated heterocycles. The third-order valence-corrected chi connectivity index (χ3v) is 3.62. The van der Waals surface area contributed by atoms with Gasteiger partial charge >= 0.3 is 0 Å². The molecule has 1 atom stereocenters. The summed E-state index contributed by atoms with van der Waals surface area (Å²) >= 11 is 10.2. The molecular weight excluding hydrogens is 274 g/mol. The van der Waals surface area contributed by atoms with Gasteiger partial charge in [0.05, 0.1) is 0 Å². The summed E-state index contributed by atoms with van der Waals surface area (Å²) in [7, 11) is 0. The molecule has 3 heteroatoms. The first kappa shape index (κ1) is 15.9. The molecule has 0 aromatic carbocycles. The van der Waals surface area contributed by atoms with E-state index in [0.717, 1.165) is 29.0 Å². The second kappa shape index (κ2) is 6.88. The van der Waals surface area contributed by atoms with Crippen LogP contribution in [0.25, 0.3) is 0 Å². The molecule has 0 radical (unpaired) electrons. The van der Waals surface area contributed by atoms with Crippen molar-refractivity contribution in [3.63, 3.8) is 0 Å². The molecular formula is C16H20ClNS. The normalized spacial score (nSPS) is 21.7. The molecule has 1 aliphatic rings. The number of rotatable bonds is 4. The van der Waals surface area contributed by atoms with Crippen LogP contribution in [0, 0.1) is 5.92 Å². The fraction of sp³-hybridized carbons (Fsp3) is 0.250. The number of hydrogen-bond donors (Lipinski definition) is 2. The van der Waals surface area contributed by atoms with Gasteiger partial charge in [-0.15, -0.1) is 0 Å². The second-order valence-electron chi connectivity index (χ2n) is 4.57. The van der Waals surface area contributed by atoms with Crippen molar-refractivity contribution in [1.29, 1.82) is 0 Å². The van der Waals surface area contributed by atoms with Crippen molar-refractivity contribution in [3.05, 3.63) is 70.4 Å². The van der Waals surface area contributed by atoms with Crippen molar-refractivity contribution in [2.45, 2.75) is 20.3 Å². The van der Waals surface area contributed by atoms with Gasteiger partial charge in [0.25, 0.3) is 0 Å². The van der Waals surface area contributed by atoms with Crippen LogP contribution in [0.1, 0.15) is 20.3 Å². The third-order valence-electron chi connectivity index (χ3n) is 3.13. The molecule has 1 aliphatic heterocycles. The molecule has 0 aliphatic carbocycles. The standard InChI is InChI=1S/C16H20ClNS/c1-6-14(16-8-12(4)18-13(16)5)15(7-11(3)17)10(2)9-19/h6-7,9,16,18-19H,3-5,8H2,1-2H3/b10-9-,14-6+,15-7+. The van der Waals surface area contributed by atoms with E-state index in [1.54, 1.807) is 5.41 Å². The fourth-order valence-electron chi connectivity index (χ4n) is 2.23. The lowest BCUT2D eigenvalue weighted by Crippen LogP contribution is -2.09. The van der Waals surface area contributed by atoms with E-state index in [2.05, 4.69) is 43.8 Å². The van der Waals surface area contributed by atoms with E-state index in [-0.39, 0.29) is 5.92 Å². The first-order valence-electron chi connectivity index (χ1n) is 6.08. The predicted molar refractivity (Wildman–Crippen MR) is 89.1 cm³/mol. The van der Waals surface area contributed by atoms with E-state index in [1.807, 2.05) is 19.9 Å². The van der Waals surface area contributed by atoms with Gasteiger partial charge in [0.15, 0.2) is 0 Å². The SMILES string of the molecule is C=C(Cl)/C=C(C(\C)=C/S)/C(=C\C)C1CC(=C)NC1=C. The number of thiol groups is 1. The van der Waals surface area contributed by atoms with Gasteiger partial charge in [-0.1, -0.05) is 37.4 Å². The quantitative estimate of drug-likeness (QED) is 0.544. The molecule has 0 spiro atoms. The average molecular weight is 294 g/mol. The van der Waals surface area contributed by atoms with Crippen LogP contribution in [-0.4, -0.2) is 0 Å². The van der Waals surface area contributed by atoms with E-state index in [0.29, 0.717) is 5.03 Å². The van der Waals surface area contributed by atoms with Crippen molar-refractivity contribution >= 4 is 24.2 Å². The molecule has 0 amide bonds.